The molecule has 1 aliphatic rings. The van der Waals surface area contributed by atoms with Gasteiger partial charge in [-0.05, 0) is 49.6 Å². The fourth-order valence-corrected chi connectivity index (χ4v) is 3.81. The fourth-order valence-electron chi connectivity index (χ4n) is 3.81. The topological polar surface area (TPSA) is 88.1 Å². The lowest BCUT2D eigenvalue weighted by Crippen LogP contribution is -2.40. The van der Waals surface area contributed by atoms with E-state index in [1.807, 2.05) is 0 Å². The van der Waals surface area contributed by atoms with Gasteiger partial charge in [0.25, 0.3) is 11.8 Å². The molecule has 8 heteroatoms. The van der Waals surface area contributed by atoms with Crippen molar-refractivity contribution in [2.75, 3.05) is 13.1 Å². The van der Waals surface area contributed by atoms with Crippen molar-refractivity contribution in [2.24, 2.45) is 0 Å². The van der Waals surface area contributed by atoms with Crippen LogP contribution in [0.15, 0.2) is 54.9 Å². The summed E-state index contributed by atoms with van der Waals surface area (Å²) in [6.45, 7) is 3.25. The van der Waals surface area contributed by atoms with Gasteiger partial charge in [0.15, 0.2) is 0 Å². The van der Waals surface area contributed by atoms with Crippen LogP contribution in [0.4, 0.5) is 4.39 Å². The van der Waals surface area contributed by atoms with Crippen LogP contribution in [0.3, 0.4) is 0 Å². The summed E-state index contributed by atoms with van der Waals surface area (Å²) in [6.07, 6.45) is 4.88. The van der Waals surface area contributed by atoms with Crippen LogP contribution in [0, 0.1) is 12.7 Å². The van der Waals surface area contributed by atoms with Crippen LogP contribution in [-0.4, -0.2) is 44.8 Å². The first kappa shape index (κ1) is 21.5. The molecule has 164 valence electrons. The van der Waals surface area contributed by atoms with Crippen molar-refractivity contribution < 1.29 is 14.0 Å². The zero-order chi connectivity index (χ0) is 22.5. The molecule has 1 aliphatic heterocycles. The van der Waals surface area contributed by atoms with E-state index in [0.29, 0.717) is 35.9 Å². The molecule has 32 heavy (non-hydrogen) atoms. The van der Waals surface area contributed by atoms with Gasteiger partial charge in [-0.15, -0.1) is 0 Å². The molecule has 1 atom stereocenters. The number of nitrogens with zero attached hydrogens (tertiary/aromatic N) is 4. The third-order valence-electron chi connectivity index (χ3n) is 5.57. The Hall–Kier alpha value is -3.68. The van der Waals surface area contributed by atoms with Crippen molar-refractivity contribution in [3.05, 3.63) is 89.0 Å². The second-order valence-electron chi connectivity index (χ2n) is 7.84. The highest BCUT2D eigenvalue weighted by Gasteiger charge is 2.28. The first-order chi connectivity index (χ1) is 15.5. The minimum absolute atomic E-state index is 0.00596. The maximum atomic E-state index is 13.0. The number of halogens is 1. The molecule has 2 amide bonds. The van der Waals surface area contributed by atoms with Gasteiger partial charge in [0.05, 0.1) is 11.3 Å². The number of likely N-dealkylation sites (tertiary alicyclic amines) is 1. The molecular formula is C24H24FN5O2. The van der Waals surface area contributed by atoms with Gasteiger partial charge in [0.2, 0.25) is 0 Å². The number of rotatable bonds is 5. The molecule has 0 bridgehead atoms. The Kier molecular flexibility index (Phi) is 6.49. The monoisotopic (exact) mass is 433 g/mol. The Morgan fingerprint density at radius 2 is 1.97 bits per heavy atom. The van der Waals surface area contributed by atoms with Gasteiger partial charge in [-0.1, -0.05) is 18.2 Å². The summed E-state index contributed by atoms with van der Waals surface area (Å²) in [5.41, 5.74) is 2.21. The predicted octanol–water partition coefficient (Wildman–Crippen LogP) is 3.27. The number of hydrogen-bond acceptors (Lipinski definition) is 5. The van der Waals surface area contributed by atoms with Crippen LogP contribution < -0.4 is 5.32 Å². The third kappa shape index (κ3) is 4.96. The van der Waals surface area contributed by atoms with E-state index in [-0.39, 0.29) is 30.1 Å². The molecule has 1 N–H and O–H groups in total. The number of amides is 2. The summed E-state index contributed by atoms with van der Waals surface area (Å²) in [5, 5.41) is 2.81. The van der Waals surface area contributed by atoms with E-state index in [4.69, 9.17) is 0 Å². The second kappa shape index (κ2) is 9.64. The van der Waals surface area contributed by atoms with Crippen LogP contribution in [0.2, 0.25) is 0 Å². The number of pyridine rings is 1. The smallest absolute Gasteiger partial charge is 0.272 e. The van der Waals surface area contributed by atoms with Gasteiger partial charge in [-0.25, -0.2) is 14.4 Å². The number of carbonyl (C=O) groups is 2. The van der Waals surface area contributed by atoms with E-state index >= 15 is 0 Å². The Morgan fingerprint density at radius 1 is 1.16 bits per heavy atom. The lowest BCUT2D eigenvalue weighted by Gasteiger charge is -2.32. The van der Waals surface area contributed by atoms with E-state index in [1.165, 1.54) is 18.3 Å². The standard InChI is InChI=1S/C24H24FN5O2/c1-16-20(23(31)28-13-17-7-9-19(25)10-8-17)14-27-22(29-16)18-5-4-12-30(15-18)24(32)21-6-2-3-11-26-21/h2-3,6-11,14,18H,4-5,12-13,15H2,1H3,(H,28,31). The molecule has 1 aromatic carbocycles. The van der Waals surface area contributed by atoms with Gasteiger partial charge >= 0.3 is 0 Å². The van der Waals surface area contributed by atoms with E-state index in [1.54, 1.807) is 48.4 Å². The summed E-state index contributed by atoms with van der Waals surface area (Å²) in [6, 6.07) is 11.3. The molecule has 0 radical (unpaired) electrons. The second-order valence-corrected chi connectivity index (χ2v) is 7.84. The van der Waals surface area contributed by atoms with Crippen molar-refractivity contribution in [1.82, 2.24) is 25.2 Å². The maximum Gasteiger partial charge on any atom is 0.272 e. The molecular weight excluding hydrogens is 409 g/mol. The van der Waals surface area contributed by atoms with Crippen LogP contribution in [-0.2, 0) is 6.54 Å². The van der Waals surface area contributed by atoms with Crippen molar-refractivity contribution in [3.63, 3.8) is 0 Å². The summed E-state index contributed by atoms with van der Waals surface area (Å²) >= 11 is 0. The molecule has 3 heterocycles. The van der Waals surface area contributed by atoms with Crippen LogP contribution >= 0.6 is 0 Å². The number of hydrogen-bond donors (Lipinski definition) is 1. The fraction of sp³-hybridized carbons (Fsp3) is 0.292. The molecule has 3 aromatic rings. The molecule has 7 nitrogen and oxygen atoms in total. The van der Waals surface area contributed by atoms with E-state index in [9.17, 15) is 14.0 Å². The highest BCUT2D eigenvalue weighted by atomic mass is 19.1. The average Bonchev–Trinajstić information content (AvgIpc) is 2.83. The van der Waals surface area contributed by atoms with Crippen molar-refractivity contribution in [1.29, 1.82) is 0 Å². The summed E-state index contributed by atoms with van der Waals surface area (Å²) in [5.74, 6) is -0.0525. The molecule has 2 aromatic heterocycles. The Labute approximate surface area is 185 Å². The highest BCUT2D eigenvalue weighted by molar-refractivity contribution is 5.94. The molecule has 0 aliphatic carbocycles. The van der Waals surface area contributed by atoms with Crippen molar-refractivity contribution in [3.8, 4) is 0 Å². The number of aryl methyl sites for hydroxylation is 1. The highest BCUT2D eigenvalue weighted by Crippen LogP contribution is 2.26. The van der Waals surface area contributed by atoms with Gasteiger partial charge in [-0.3, -0.25) is 14.6 Å². The van der Waals surface area contributed by atoms with Crippen LogP contribution in [0.5, 0.6) is 0 Å². The van der Waals surface area contributed by atoms with E-state index < -0.39 is 0 Å². The summed E-state index contributed by atoms with van der Waals surface area (Å²) in [4.78, 5) is 40.3. The first-order valence-electron chi connectivity index (χ1n) is 10.6. The van der Waals surface area contributed by atoms with E-state index in [0.717, 1.165) is 18.4 Å². The molecule has 1 fully saturated rings. The van der Waals surface area contributed by atoms with Gasteiger partial charge in [0.1, 0.15) is 17.3 Å². The predicted molar refractivity (Wildman–Crippen MR) is 116 cm³/mol. The van der Waals surface area contributed by atoms with Gasteiger partial charge in [-0.2, -0.15) is 0 Å². The molecule has 4 rings (SSSR count). The number of piperidine rings is 1. The first-order valence-corrected chi connectivity index (χ1v) is 10.6. The zero-order valence-electron chi connectivity index (χ0n) is 17.8. The molecule has 0 saturated carbocycles. The molecule has 1 unspecified atom stereocenters. The molecule has 0 spiro atoms. The lowest BCUT2D eigenvalue weighted by atomic mass is 9.96. The zero-order valence-corrected chi connectivity index (χ0v) is 17.8. The largest absolute Gasteiger partial charge is 0.348 e. The summed E-state index contributed by atoms with van der Waals surface area (Å²) in [7, 11) is 0. The quantitative estimate of drug-likeness (QED) is 0.667. The number of aromatic nitrogens is 3. The number of carbonyl (C=O) groups excluding carboxylic acids is 2. The van der Waals surface area contributed by atoms with Crippen LogP contribution in [0.25, 0.3) is 0 Å². The van der Waals surface area contributed by atoms with Crippen molar-refractivity contribution in [2.45, 2.75) is 32.2 Å². The Morgan fingerprint density at radius 3 is 2.69 bits per heavy atom. The van der Waals surface area contributed by atoms with Gasteiger partial charge < -0.3 is 10.2 Å². The summed E-state index contributed by atoms with van der Waals surface area (Å²) < 4.78 is 13.0. The van der Waals surface area contributed by atoms with Crippen molar-refractivity contribution >= 4 is 11.8 Å². The number of benzene rings is 1. The van der Waals surface area contributed by atoms with E-state index in [2.05, 4.69) is 20.3 Å². The average molecular weight is 433 g/mol. The SMILES string of the molecule is Cc1nc(C2CCCN(C(=O)c3ccccn3)C2)ncc1C(=O)NCc1ccc(F)cc1. The minimum Gasteiger partial charge on any atom is -0.348 e. The molecule has 1 saturated heterocycles. The third-order valence-corrected chi connectivity index (χ3v) is 5.57. The van der Waals surface area contributed by atoms with Crippen LogP contribution in [0.1, 0.15) is 56.7 Å². The van der Waals surface area contributed by atoms with Gasteiger partial charge in [0, 0.05) is 37.9 Å². The minimum atomic E-state index is -0.317. The number of nitrogens with one attached hydrogen (secondary N) is 1. The Bertz CT molecular complexity index is 1110. The normalized spacial score (nSPS) is 15.9. The lowest BCUT2D eigenvalue weighted by molar-refractivity contribution is 0.0698. The Balaban J connectivity index is 1.41. The maximum absolute atomic E-state index is 13.0.